The van der Waals surface area contributed by atoms with Crippen LogP contribution in [0.15, 0.2) is 78.5 Å². The first kappa shape index (κ1) is 13.1. The normalized spacial score (nSPS) is 15.9. The van der Waals surface area contributed by atoms with E-state index in [9.17, 15) is 0 Å². The van der Waals surface area contributed by atoms with E-state index < -0.39 is 0 Å². The third-order valence-electron chi connectivity index (χ3n) is 4.40. The molecule has 0 radical (unpaired) electrons. The van der Waals surface area contributed by atoms with Crippen LogP contribution in [0.1, 0.15) is 18.1 Å². The molecular weight excluding hydrogens is 266 g/mol. The minimum atomic E-state index is 0.995. The van der Waals surface area contributed by atoms with E-state index in [4.69, 9.17) is 0 Å². The van der Waals surface area contributed by atoms with Crippen molar-refractivity contribution in [3.8, 4) is 11.1 Å². The van der Waals surface area contributed by atoms with Crippen molar-refractivity contribution in [1.82, 2.24) is 0 Å². The van der Waals surface area contributed by atoms with Crippen LogP contribution >= 0.6 is 0 Å². The monoisotopic (exact) mass is 285 g/mol. The smallest absolute Gasteiger partial charge is 0.0490 e. The van der Waals surface area contributed by atoms with Crippen LogP contribution in [0.5, 0.6) is 0 Å². The molecule has 4 rings (SSSR count). The second-order valence-electron chi connectivity index (χ2n) is 5.89. The van der Waals surface area contributed by atoms with Gasteiger partial charge in [0, 0.05) is 18.4 Å². The highest BCUT2D eigenvalue weighted by Crippen LogP contribution is 2.39. The molecule has 0 saturated carbocycles. The van der Waals surface area contributed by atoms with Gasteiger partial charge in [0.25, 0.3) is 0 Å². The zero-order valence-corrected chi connectivity index (χ0v) is 12.8. The third kappa shape index (κ3) is 2.19. The predicted octanol–water partition coefficient (Wildman–Crippen LogP) is 5.09. The van der Waals surface area contributed by atoms with Gasteiger partial charge in [-0.15, -0.1) is 0 Å². The molecule has 22 heavy (non-hydrogen) atoms. The number of anilines is 1. The minimum Gasteiger partial charge on any atom is -0.343 e. The number of hydrogen-bond acceptors (Lipinski definition) is 1. The van der Waals surface area contributed by atoms with Gasteiger partial charge in [0.05, 0.1) is 0 Å². The lowest BCUT2D eigenvalue weighted by molar-refractivity contribution is 0.958. The van der Waals surface area contributed by atoms with Crippen molar-refractivity contribution in [2.24, 2.45) is 0 Å². The molecule has 0 saturated heterocycles. The first-order valence-corrected chi connectivity index (χ1v) is 7.83. The zero-order valence-electron chi connectivity index (χ0n) is 12.8. The Balaban J connectivity index is 1.60. The number of hydrogen-bond donors (Lipinski definition) is 0. The summed E-state index contributed by atoms with van der Waals surface area (Å²) in [7, 11) is 0. The van der Waals surface area contributed by atoms with Crippen LogP contribution in [0.25, 0.3) is 11.1 Å². The van der Waals surface area contributed by atoms with Crippen LogP contribution in [-0.2, 0) is 6.42 Å². The minimum absolute atomic E-state index is 0.995. The highest BCUT2D eigenvalue weighted by molar-refractivity contribution is 5.80. The van der Waals surface area contributed by atoms with Gasteiger partial charge in [0.1, 0.15) is 0 Å². The van der Waals surface area contributed by atoms with Crippen molar-refractivity contribution in [3.05, 3.63) is 89.7 Å². The van der Waals surface area contributed by atoms with Crippen molar-refractivity contribution >= 4 is 5.69 Å². The lowest BCUT2D eigenvalue weighted by Gasteiger charge is -2.30. The second kappa shape index (κ2) is 5.34. The fourth-order valence-electron chi connectivity index (χ4n) is 3.21. The van der Waals surface area contributed by atoms with E-state index in [0.717, 1.165) is 13.0 Å². The molecule has 1 aliphatic heterocycles. The highest BCUT2D eigenvalue weighted by Gasteiger charge is 2.21. The Bertz CT molecular complexity index is 808. The molecule has 2 aliphatic rings. The molecule has 0 unspecified atom stereocenters. The van der Waals surface area contributed by atoms with Gasteiger partial charge in [-0.1, -0.05) is 54.6 Å². The molecular formula is C21H19N. The average molecular weight is 285 g/mol. The SMILES string of the molecule is C/C=C\C=C/C1=CN(c2ccc3c(c2)-c2ccccc2C3)C1. The molecule has 1 heteroatoms. The molecule has 0 fully saturated rings. The van der Waals surface area contributed by atoms with Crippen LogP contribution in [-0.4, -0.2) is 6.54 Å². The number of rotatable bonds is 3. The Morgan fingerprint density at radius 1 is 0.955 bits per heavy atom. The van der Waals surface area contributed by atoms with Crippen molar-refractivity contribution in [3.63, 3.8) is 0 Å². The summed E-state index contributed by atoms with van der Waals surface area (Å²) >= 11 is 0. The van der Waals surface area contributed by atoms with E-state index >= 15 is 0 Å². The van der Waals surface area contributed by atoms with Gasteiger partial charge < -0.3 is 4.90 Å². The number of allylic oxidation sites excluding steroid dienone is 3. The van der Waals surface area contributed by atoms with Crippen LogP contribution in [0.2, 0.25) is 0 Å². The van der Waals surface area contributed by atoms with Crippen LogP contribution in [0.4, 0.5) is 5.69 Å². The molecule has 0 amide bonds. The summed E-state index contributed by atoms with van der Waals surface area (Å²) in [5.74, 6) is 0. The number of nitrogens with zero attached hydrogens (tertiary/aromatic N) is 1. The van der Waals surface area contributed by atoms with E-state index in [1.54, 1.807) is 0 Å². The molecule has 2 aromatic carbocycles. The van der Waals surface area contributed by atoms with Gasteiger partial charge in [0.2, 0.25) is 0 Å². The summed E-state index contributed by atoms with van der Waals surface area (Å²) < 4.78 is 0. The van der Waals surface area contributed by atoms with E-state index in [2.05, 4.69) is 71.8 Å². The first-order valence-electron chi connectivity index (χ1n) is 7.83. The first-order chi connectivity index (χ1) is 10.8. The quantitative estimate of drug-likeness (QED) is 0.606. The Labute approximate surface area is 131 Å². The maximum Gasteiger partial charge on any atom is 0.0490 e. The molecule has 108 valence electrons. The molecule has 0 N–H and O–H groups in total. The Hall–Kier alpha value is -2.54. The molecule has 1 nitrogen and oxygen atoms in total. The molecule has 0 aromatic heterocycles. The Kier molecular flexibility index (Phi) is 3.19. The lowest BCUT2D eigenvalue weighted by atomic mass is 10.0. The Morgan fingerprint density at radius 3 is 2.64 bits per heavy atom. The average Bonchev–Trinajstić information content (AvgIpc) is 2.87. The van der Waals surface area contributed by atoms with Crippen molar-refractivity contribution < 1.29 is 0 Å². The topological polar surface area (TPSA) is 3.24 Å². The third-order valence-corrected chi connectivity index (χ3v) is 4.40. The van der Waals surface area contributed by atoms with Gasteiger partial charge in [-0.05, 0) is 53.3 Å². The molecule has 1 aliphatic carbocycles. The van der Waals surface area contributed by atoms with Gasteiger partial charge in [-0.2, -0.15) is 0 Å². The second-order valence-corrected chi connectivity index (χ2v) is 5.89. The summed E-state index contributed by atoms with van der Waals surface area (Å²) in [5, 5.41) is 0. The number of fused-ring (bicyclic) bond motifs is 3. The zero-order chi connectivity index (χ0) is 14.9. The van der Waals surface area contributed by atoms with E-state index in [1.807, 2.05) is 13.0 Å². The maximum atomic E-state index is 2.34. The fourth-order valence-corrected chi connectivity index (χ4v) is 3.21. The van der Waals surface area contributed by atoms with Gasteiger partial charge in [-0.25, -0.2) is 0 Å². The van der Waals surface area contributed by atoms with E-state index in [1.165, 1.54) is 33.5 Å². The van der Waals surface area contributed by atoms with E-state index in [-0.39, 0.29) is 0 Å². The van der Waals surface area contributed by atoms with Gasteiger partial charge in [-0.3, -0.25) is 0 Å². The van der Waals surface area contributed by atoms with E-state index in [0.29, 0.717) is 0 Å². The summed E-state index contributed by atoms with van der Waals surface area (Å²) in [4.78, 5) is 2.32. The van der Waals surface area contributed by atoms with Gasteiger partial charge in [0.15, 0.2) is 0 Å². The van der Waals surface area contributed by atoms with Gasteiger partial charge >= 0.3 is 0 Å². The molecule has 0 bridgehead atoms. The summed E-state index contributed by atoms with van der Waals surface area (Å²) in [6.45, 7) is 3.03. The maximum absolute atomic E-state index is 2.34. The van der Waals surface area contributed by atoms with Crippen molar-refractivity contribution in [1.29, 1.82) is 0 Å². The fraction of sp³-hybridized carbons (Fsp3) is 0.143. The van der Waals surface area contributed by atoms with Crippen LogP contribution in [0.3, 0.4) is 0 Å². The predicted molar refractivity (Wildman–Crippen MR) is 94.1 cm³/mol. The van der Waals surface area contributed by atoms with Crippen LogP contribution < -0.4 is 4.90 Å². The van der Waals surface area contributed by atoms with Crippen LogP contribution in [0, 0.1) is 0 Å². The molecule has 2 aromatic rings. The summed E-state index contributed by atoms with van der Waals surface area (Å²) in [6.07, 6.45) is 11.7. The molecule has 0 atom stereocenters. The summed E-state index contributed by atoms with van der Waals surface area (Å²) in [6, 6.07) is 15.6. The van der Waals surface area contributed by atoms with Crippen molar-refractivity contribution in [2.45, 2.75) is 13.3 Å². The lowest BCUT2D eigenvalue weighted by Crippen LogP contribution is -2.28. The molecule has 1 heterocycles. The highest BCUT2D eigenvalue weighted by atomic mass is 15.1. The number of benzene rings is 2. The Morgan fingerprint density at radius 2 is 1.77 bits per heavy atom. The van der Waals surface area contributed by atoms with Crippen molar-refractivity contribution in [2.75, 3.05) is 11.4 Å². The molecule has 0 spiro atoms. The largest absolute Gasteiger partial charge is 0.343 e. The standard InChI is InChI=1S/C21H19N/c1-2-3-4-7-16-14-22(15-16)19-11-10-18-12-17-8-5-6-9-20(17)21(18)13-19/h2-11,13-14H,12,15H2,1H3/b3-2-,7-4-. The summed E-state index contributed by atoms with van der Waals surface area (Å²) in [5.41, 5.74) is 8.36.